The molecule has 0 aliphatic heterocycles. The van der Waals surface area contributed by atoms with E-state index in [-0.39, 0.29) is 5.91 Å². The molecule has 1 amide bonds. The average Bonchev–Trinajstić information content (AvgIpc) is 2.18. The lowest BCUT2D eigenvalue weighted by atomic mass is 10.1. The monoisotopic (exact) mass is 209 g/mol. The van der Waals surface area contributed by atoms with Crippen molar-refractivity contribution < 1.29 is 4.79 Å². The van der Waals surface area contributed by atoms with Gasteiger partial charge in [0.2, 0.25) is 0 Å². The molecule has 0 aliphatic carbocycles. The molecule has 0 aromatic heterocycles. The van der Waals surface area contributed by atoms with Gasteiger partial charge in [0.25, 0.3) is 5.91 Å². The van der Waals surface area contributed by atoms with Crippen molar-refractivity contribution in [3.05, 3.63) is 35.4 Å². The highest BCUT2D eigenvalue weighted by molar-refractivity contribution is 7.80. The molecule has 0 atom stereocenters. The van der Waals surface area contributed by atoms with Crippen molar-refractivity contribution in [3.8, 4) is 0 Å². The summed E-state index contributed by atoms with van der Waals surface area (Å²) < 4.78 is 0. The predicted octanol–water partition coefficient (Wildman–Crippen LogP) is 1.86. The fourth-order valence-corrected chi connectivity index (χ4v) is 1.46. The van der Waals surface area contributed by atoms with Gasteiger partial charge in [0.15, 0.2) is 0 Å². The Balaban J connectivity index is 2.78. The number of hydrogen-bond acceptors (Lipinski definition) is 2. The molecule has 1 aromatic carbocycles. The number of nitrogens with zero attached hydrogens (tertiary/aromatic N) is 1. The van der Waals surface area contributed by atoms with E-state index in [1.54, 1.807) is 19.0 Å². The number of rotatable bonds is 3. The van der Waals surface area contributed by atoms with E-state index in [1.807, 2.05) is 24.3 Å². The Bertz CT molecular complexity index is 306. The zero-order valence-corrected chi connectivity index (χ0v) is 9.42. The lowest BCUT2D eigenvalue weighted by Crippen LogP contribution is -2.21. The van der Waals surface area contributed by atoms with Gasteiger partial charge >= 0.3 is 0 Å². The van der Waals surface area contributed by atoms with Gasteiger partial charge in [0.1, 0.15) is 0 Å². The Hall–Kier alpha value is -0.960. The van der Waals surface area contributed by atoms with E-state index in [9.17, 15) is 4.79 Å². The summed E-state index contributed by atoms with van der Waals surface area (Å²) in [7, 11) is 3.51. The van der Waals surface area contributed by atoms with Crippen molar-refractivity contribution in [2.75, 3.05) is 19.8 Å². The average molecular weight is 209 g/mol. The third-order valence-corrected chi connectivity index (χ3v) is 2.23. The largest absolute Gasteiger partial charge is 0.345 e. The van der Waals surface area contributed by atoms with Crippen molar-refractivity contribution >= 4 is 18.5 Å². The molecule has 0 spiro atoms. The first kappa shape index (κ1) is 11.1. The first-order valence-corrected chi connectivity index (χ1v) is 5.20. The van der Waals surface area contributed by atoms with Crippen molar-refractivity contribution in [1.82, 2.24) is 4.90 Å². The summed E-state index contributed by atoms with van der Waals surface area (Å²) >= 11 is 4.16. The normalized spacial score (nSPS) is 9.93. The quantitative estimate of drug-likeness (QED) is 0.753. The van der Waals surface area contributed by atoms with Crippen molar-refractivity contribution in [1.29, 1.82) is 0 Å². The zero-order chi connectivity index (χ0) is 10.6. The third kappa shape index (κ3) is 2.77. The summed E-state index contributed by atoms with van der Waals surface area (Å²) in [6.07, 6.45) is 0.944. The molecule has 1 aromatic rings. The molecule has 1 rings (SSSR count). The van der Waals surface area contributed by atoms with Crippen LogP contribution in [0.25, 0.3) is 0 Å². The van der Waals surface area contributed by atoms with E-state index in [4.69, 9.17) is 0 Å². The Morgan fingerprint density at radius 2 is 1.86 bits per heavy atom. The van der Waals surface area contributed by atoms with Crippen LogP contribution >= 0.6 is 12.6 Å². The SMILES string of the molecule is CN(C)C(=O)c1ccc(CCS)cc1. The molecule has 0 saturated heterocycles. The number of carbonyl (C=O) groups is 1. The highest BCUT2D eigenvalue weighted by Crippen LogP contribution is 2.07. The van der Waals surface area contributed by atoms with Crippen LogP contribution in [0.4, 0.5) is 0 Å². The van der Waals surface area contributed by atoms with Crippen LogP contribution in [0.5, 0.6) is 0 Å². The number of thiol groups is 1. The number of aryl methyl sites for hydroxylation is 1. The van der Waals surface area contributed by atoms with Gasteiger partial charge in [-0.3, -0.25) is 4.79 Å². The third-order valence-electron chi connectivity index (χ3n) is 2.01. The molecule has 14 heavy (non-hydrogen) atoms. The second-order valence-corrected chi connectivity index (χ2v) is 3.82. The molecule has 0 unspecified atom stereocenters. The number of hydrogen-bond donors (Lipinski definition) is 1. The summed E-state index contributed by atoms with van der Waals surface area (Å²) in [6, 6.07) is 7.68. The minimum Gasteiger partial charge on any atom is -0.345 e. The van der Waals surface area contributed by atoms with E-state index < -0.39 is 0 Å². The van der Waals surface area contributed by atoms with Crippen LogP contribution in [0, 0.1) is 0 Å². The Morgan fingerprint density at radius 1 is 1.29 bits per heavy atom. The molecule has 0 N–H and O–H groups in total. The summed E-state index contributed by atoms with van der Waals surface area (Å²) in [6.45, 7) is 0. The molecule has 0 heterocycles. The van der Waals surface area contributed by atoms with E-state index in [1.165, 1.54) is 5.56 Å². The van der Waals surface area contributed by atoms with Gasteiger partial charge in [-0.05, 0) is 29.9 Å². The van der Waals surface area contributed by atoms with Crippen LogP contribution in [-0.2, 0) is 6.42 Å². The number of amides is 1. The van der Waals surface area contributed by atoms with E-state index in [2.05, 4.69) is 12.6 Å². The molecule has 0 bridgehead atoms. The maximum atomic E-state index is 11.5. The molecular formula is C11H15NOS. The fraction of sp³-hybridized carbons (Fsp3) is 0.364. The molecular weight excluding hydrogens is 194 g/mol. The molecule has 0 fully saturated rings. The summed E-state index contributed by atoms with van der Waals surface area (Å²) in [5.74, 6) is 0.878. The Morgan fingerprint density at radius 3 is 2.29 bits per heavy atom. The van der Waals surface area contributed by atoms with Gasteiger partial charge in [-0.2, -0.15) is 12.6 Å². The molecule has 3 heteroatoms. The van der Waals surface area contributed by atoms with Gasteiger partial charge in [0, 0.05) is 19.7 Å². The standard InChI is InChI=1S/C11H15NOS/c1-12(2)11(13)10-5-3-9(4-6-10)7-8-14/h3-6,14H,7-8H2,1-2H3. The summed E-state index contributed by atoms with van der Waals surface area (Å²) in [5.41, 5.74) is 1.95. The topological polar surface area (TPSA) is 20.3 Å². The zero-order valence-electron chi connectivity index (χ0n) is 8.53. The van der Waals surface area contributed by atoms with Crippen molar-refractivity contribution in [2.45, 2.75) is 6.42 Å². The Labute approximate surface area is 90.3 Å². The number of carbonyl (C=O) groups excluding carboxylic acids is 1. The summed E-state index contributed by atoms with van der Waals surface area (Å²) in [5, 5.41) is 0. The van der Waals surface area contributed by atoms with Crippen LogP contribution in [-0.4, -0.2) is 30.7 Å². The van der Waals surface area contributed by atoms with Crippen LogP contribution < -0.4 is 0 Å². The van der Waals surface area contributed by atoms with Gasteiger partial charge in [-0.15, -0.1) is 0 Å². The molecule has 76 valence electrons. The van der Waals surface area contributed by atoms with Crippen LogP contribution in [0.15, 0.2) is 24.3 Å². The van der Waals surface area contributed by atoms with Crippen molar-refractivity contribution in [2.24, 2.45) is 0 Å². The second kappa shape index (κ2) is 5.05. The maximum absolute atomic E-state index is 11.5. The van der Waals surface area contributed by atoms with E-state index in [0.29, 0.717) is 0 Å². The number of benzene rings is 1. The van der Waals surface area contributed by atoms with Gasteiger partial charge < -0.3 is 4.90 Å². The first-order chi connectivity index (χ1) is 6.65. The maximum Gasteiger partial charge on any atom is 0.253 e. The highest BCUT2D eigenvalue weighted by Gasteiger charge is 2.06. The van der Waals surface area contributed by atoms with E-state index >= 15 is 0 Å². The lowest BCUT2D eigenvalue weighted by Gasteiger charge is -2.10. The fourth-order valence-electron chi connectivity index (χ4n) is 1.20. The molecule has 0 radical (unpaired) electrons. The minimum absolute atomic E-state index is 0.0439. The van der Waals surface area contributed by atoms with Crippen LogP contribution in [0.2, 0.25) is 0 Å². The first-order valence-electron chi connectivity index (χ1n) is 4.56. The minimum atomic E-state index is 0.0439. The molecule has 2 nitrogen and oxygen atoms in total. The van der Waals surface area contributed by atoms with Gasteiger partial charge in [-0.1, -0.05) is 12.1 Å². The lowest BCUT2D eigenvalue weighted by molar-refractivity contribution is 0.0827. The van der Waals surface area contributed by atoms with Crippen LogP contribution in [0.1, 0.15) is 15.9 Å². The molecule has 0 aliphatic rings. The second-order valence-electron chi connectivity index (χ2n) is 3.37. The summed E-state index contributed by atoms with van der Waals surface area (Å²) in [4.78, 5) is 13.1. The predicted molar refractivity (Wildman–Crippen MR) is 62.0 cm³/mol. The smallest absolute Gasteiger partial charge is 0.253 e. The van der Waals surface area contributed by atoms with Crippen LogP contribution in [0.3, 0.4) is 0 Å². The van der Waals surface area contributed by atoms with Gasteiger partial charge in [0.05, 0.1) is 0 Å². The van der Waals surface area contributed by atoms with Crippen molar-refractivity contribution in [3.63, 3.8) is 0 Å². The van der Waals surface area contributed by atoms with Gasteiger partial charge in [-0.25, -0.2) is 0 Å². The highest BCUT2D eigenvalue weighted by atomic mass is 32.1. The molecule has 0 saturated carbocycles. The van der Waals surface area contributed by atoms with E-state index in [0.717, 1.165) is 17.7 Å². The Kier molecular flexibility index (Phi) is 4.01.